The lowest BCUT2D eigenvalue weighted by atomic mass is 9.67. The summed E-state index contributed by atoms with van der Waals surface area (Å²) in [5.74, 6) is 1.39. The van der Waals surface area contributed by atoms with E-state index in [1.165, 1.54) is 19.3 Å². The van der Waals surface area contributed by atoms with E-state index in [4.69, 9.17) is 9.47 Å². The number of rotatable bonds is 0. The molecule has 0 aromatic heterocycles. The summed E-state index contributed by atoms with van der Waals surface area (Å²) in [6.45, 7) is 1.57. The Hall–Kier alpha value is -0.860. The van der Waals surface area contributed by atoms with Gasteiger partial charge in [-0.2, -0.15) is 0 Å². The van der Waals surface area contributed by atoms with Crippen molar-refractivity contribution < 1.29 is 9.47 Å². The molecule has 2 heteroatoms. The standard InChI is InChI=1S/C16H20O2/c1-2-4-13-10-15-11-16(17-7-8-18-16)6-5-14(15)9-12(13)3-1/h1-4,14-15H,5-11H2/t14-,15+/m1/s1. The topological polar surface area (TPSA) is 18.5 Å². The first-order valence-electron chi connectivity index (χ1n) is 7.19. The molecule has 0 amide bonds. The molecule has 0 N–H and O–H groups in total. The Morgan fingerprint density at radius 1 is 0.944 bits per heavy atom. The highest BCUT2D eigenvalue weighted by atomic mass is 16.7. The van der Waals surface area contributed by atoms with Gasteiger partial charge >= 0.3 is 0 Å². The summed E-state index contributed by atoms with van der Waals surface area (Å²) in [5.41, 5.74) is 3.12. The van der Waals surface area contributed by atoms with E-state index in [1.54, 1.807) is 11.1 Å². The average molecular weight is 244 g/mol. The van der Waals surface area contributed by atoms with Crippen LogP contribution in [0.2, 0.25) is 0 Å². The first-order chi connectivity index (χ1) is 8.85. The highest BCUT2D eigenvalue weighted by Crippen LogP contribution is 2.46. The Labute approximate surface area is 108 Å². The van der Waals surface area contributed by atoms with E-state index < -0.39 is 0 Å². The molecule has 1 saturated heterocycles. The summed E-state index contributed by atoms with van der Waals surface area (Å²) in [7, 11) is 0. The van der Waals surface area contributed by atoms with Gasteiger partial charge in [0, 0.05) is 12.8 Å². The van der Waals surface area contributed by atoms with Crippen molar-refractivity contribution in [1.29, 1.82) is 0 Å². The predicted molar refractivity (Wildman–Crippen MR) is 69.3 cm³/mol. The molecule has 1 saturated carbocycles. The molecule has 0 radical (unpaired) electrons. The summed E-state index contributed by atoms with van der Waals surface area (Å²) in [6, 6.07) is 8.94. The van der Waals surface area contributed by atoms with Crippen molar-refractivity contribution in [3.63, 3.8) is 0 Å². The van der Waals surface area contributed by atoms with Crippen LogP contribution < -0.4 is 0 Å². The molecule has 2 fully saturated rings. The minimum Gasteiger partial charge on any atom is -0.348 e. The van der Waals surface area contributed by atoms with Crippen LogP contribution in [0.4, 0.5) is 0 Å². The number of hydrogen-bond donors (Lipinski definition) is 0. The molecule has 1 aromatic rings. The van der Waals surface area contributed by atoms with Crippen LogP contribution >= 0.6 is 0 Å². The van der Waals surface area contributed by atoms with Gasteiger partial charge in [-0.25, -0.2) is 0 Å². The highest BCUT2D eigenvalue weighted by Gasteiger charge is 2.46. The van der Waals surface area contributed by atoms with E-state index in [1.807, 2.05) is 0 Å². The Bertz CT molecular complexity index is 448. The lowest BCUT2D eigenvalue weighted by Crippen LogP contribution is -2.43. The zero-order valence-electron chi connectivity index (χ0n) is 10.7. The third-order valence-electron chi connectivity index (χ3n) is 5.03. The van der Waals surface area contributed by atoms with Gasteiger partial charge in [0.2, 0.25) is 0 Å². The van der Waals surface area contributed by atoms with Gasteiger partial charge in [0.05, 0.1) is 13.2 Å². The van der Waals surface area contributed by atoms with Crippen LogP contribution in [-0.4, -0.2) is 19.0 Å². The maximum Gasteiger partial charge on any atom is 0.168 e. The normalized spacial score (nSPS) is 33.1. The molecule has 96 valence electrons. The Kier molecular flexibility index (Phi) is 2.49. The van der Waals surface area contributed by atoms with Gasteiger partial charge in [-0.3, -0.25) is 0 Å². The predicted octanol–water partition coefficient (Wildman–Crippen LogP) is 2.94. The van der Waals surface area contributed by atoms with Crippen molar-refractivity contribution in [2.24, 2.45) is 11.8 Å². The maximum atomic E-state index is 5.90. The summed E-state index contributed by atoms with van der Waals surface area (Å²) >= 11 is 0. The molecule has 1 aliphatic heterocycles. The Morgan fingerprint density at radius 3 is 2.33 bits per heavy atom. The van der Waals surface area contributed by atoms with Crippen LogP contribution in [0.3, 0.4) is 0 Å². The summed E-state index contributed by atoms with van der Waals surface area (Å²) in [5, 5.41) is 0. The first-order valence-corrected chi connectivity index (χ1v) is 7.19. The highest BCUT2D eigenvalue weighted by molar-refractivity contribution is 5.30. The average Bonchev–Trinajstić information content (AvgIpc) is 2.85. The number of hydrogen-bond acceptors (Lipinski definition) is 2. The van der Waals surface area contributed by atoms with Crippen LogP contribution in [0.15, 0.2) is 24.3 Å². The minimum absolute atomic E-state index is 0.215. The molecule has 1 heterocycles. The van der Waals surface area contributed by atoms with Crippen molar-refractivity contribution in [3.05, 3.63) is 35.4 Å². The summed E-state index contributed by atoms with van der Waals surface area (Å²) < 4.78 is 11.8. The third kappa shape index (κ3) is 1.70. The number of benzene rings is 1. The van der Waals surface area contributed by atoms with Crippen LogP contribution in [-0.2, 0) is 22.3 Å². The molecule has 4 rings (SSSR count). The molecule has 2 nitrogen and oxygen atoms in total. The van der Waals surface area contributed by atoms with Crippen molar-refractivity contribution in [2.45, 2.75) is 37.9 Å². The quantitative estimate of drug-likeness (QED) is 0.698. The molecule has 1 aromatic carbocycles. The lowest BCUT2D eigenvalue weighted by Gasteiger charge is -2.43. The van der Waals surface area contributed by atoms with Gasteiger partial charge in [0.1, 0.15) is 0 Å². The second kappa shape index (κ2) is 4.07. The van der Waals surface area contributed by atoms with Gasteiger partial charge < -0.3 is 9.47 Å². The van der Waals surface area contributed by atoms with Gasteiger partial charge in [-0.1, -0.05) is 24.3 Å². The van der Waals surface area contributed by atoms with Gasteiger partial charge in [0.25, 0.3) is 0 Å². The minimum atomic E-state index is -0.215. The fourth-order valence-corrected chi connectivity index (χ4v) is 4.10. The number of ether oxygens (including phenoxy) is 2. The fraction of sp³-hybridized carbons (Fsp3) is 0.625. The molecule has 1 spiro atoms. The van der Waals surface area contributed by atoms with Crippen LogP contribution in [0, 0.1) is 11.8 Å². The van der Waals surface area contributed by atoms with Gasteiger partial charge in [0.15, 0.2) is 5.79 Å². The SMILES string of the molecule is c1ccc2c(c1)C[C@H]1CCC3(C[C@@H]1C2)OCCO3. The Morgan fingerprint density at radius 2 is 1.61 bits per heavy atom. The third-order valence-corrected chi connectivity index (χ3v) is 5.03. The van der Waals surface area contributed by atoms with Crippen molar-refractivity contribution in [1.82, 2.24) is 0 Å². The zero-order chi connectivity index (χ0) is 12.0. The summed E-state index contributed by atoms with van der Waals surface area (Å²) in [6.07, 6.45) is 5.94. The van der Waals surface area contributed by atoms with E-state index in [-0.39, 0.29) is 5.79 Å². The Balaban J connectivity index is 1.59. The van der Waals surface area contributed by atoms with Crippen LogP contribution in [0.1, 0.15) is 30.4 Å². The summed E-state index contributed by atoms with van der Waals surface area (Å²) in [4.78, 5) is 0. The number of fused-ring (bicyclic) bond motifs is 2. The molecule has 2 aliphatic carbocycles. The molecule has 0 unspecified atom stereocenters. The molecule has 3 aliphatic rings. The van der Waals surface area contributed by atoms with Crippen molar-refractivity contribution in [3.8, 4) is 0 Å². The fourth-order valence-electron chi connectivity index (χ4n) is 4.10. The van der Waals surface area contributed by atoms with E-state index in [0.717, 1.165) is 37.9 Å². The molecule has 2 atom stereocenters. The second-order valence-electron chi connectivity index (χ2n) is 6.05. The van der Waals surface area contributed by atoms with Crippen molar-refractivity contribution >= 4 is 0 Å². The first kappa shape index (κ1) is 11.0. The maximum absolute atomic E-state index is 5.90. The van der Waals surface area contributed by atoms with Gasteiger partial charge in [-0.05, 0) is 42.2 Å². The van der Waals surface area contributed by atoms with E-state index in [0.29, 0.717) is 0 Å². The second-order valence-corrected chi connectivity index (χ2v) is 6.05. The lowest BCUT2D eigenvalue weighted by molar-refractivity contribution is -0.195. The van der Waals surface area contributed by atoms with E-state index >= 15 is 0 Å². The smallest absolute Gasteiger partial charge is 0.168 e. The molecular formula is C16H20O2. The van der Waals surface area contributed by atoms with Crippen molar-refractivity contribution in [2.75, 3.05) is 13.2 Å². The van der Waals surface area contributed by atoms with Crippen LogP contribution in [0.25, 0.3) is 0 Å². The van der Waals surface area contributed by atoms with E-state index in [2.05, 4.69) is 24.3 Å². The largest absolute Gasteiger partial charge is 0.348 e. The molecular weight excluding hydrogens is 224 g/mol. The monoisotopic (exact) mass is 244 g/mol. The molecule has 18 heavy (non-hydrogen) atoms. The van der Waals surface area contributed by atoms with Gasteiger partial charge in [-0.15, -0.1) is 0 Å². The van der Waals surface area contributed by atoms with Crippen LogP contribution in [0.5, 0.6) is 0 Å². The zero-order valence-corrected chi connectivity index (χ0v) is 10.7. The molecule has 0 bridgehead atoms. The van der Waals surface area contributed by atoms with E-state index in [9.17, 15) is 0 Å².